The van der Waals surface area contributed by atoms with Crippen LogP contribution in [0.3, 0.4) is 0 Å². The summed E-state index contributed by atoms with van der Waals surface area (Å²) in [4.78, 5) is 7.40. The van der Waals surface area contributed by atoms with Crippen molar-refractivity contribution in [2.75, 3.05) is 32.7 Å². The summed E-state index contributed by atoms with van der Waals surface area (Å²) in [7, 11) is 0. The maximum absolute atomic E-state index is 4.83. The molecule has 1 unspecified atom stereocenters. The lowest BCUT2D eigenvalue weighted by Crippen LogP contribution is -2.41. The van der Waals surface area contributed by atoms with Crippen molar-refractivity contribution in [1.82, 2.24) is 25.3 Å². The lowest BCUT2D eigenvalue weighted by molar-refractivity contribution is 0.287. The van der Waals surface area contributed by atoms with Crippen molar-refractivity contribution in [2.45, 2.75) is 39.8 Å². The van der Waals surface area contributed by atoms with Crippen molar-refractivity contribution in [3.8, 4) is 0 Å². The van der Waals surface area contributed by atoms with Gasteiger partial charge < -0.3 is 15.5 Å². The third kappa shape index (κ3) is 6.37. The molecule has 1 aromatic heterocycles. The van der Waals surface area contributed by atoms with Gasteiger partial charge in [-0.1, -0.05) is 31.2 Å². The van der Waals surface area contributed by atoms with Gasteiger partial charge in [-0.05, 0) is 56.0 Å². The van der Waals surface area contributed by atoms with Gasteiger partial charge in [0.25, 0.3) is 0 Å². The van der Waals surface area contributed by atoms with E-state index in [9.17, 15) is 0 Å². The Labute approximate surface area is 169 Å². The minimum absolute atomic E-state index is 0.606. The van der Waals surface area contributed by atoms with Crippen LogP contribution in [-0.4, -0.2) is 53.4 Å². The van der Waals surface area contributed by atoms with Crippen LogP contribution in [0.5, 0.6) is 0 Å². The molecule has 0 saturated carbocycles. The quantitative estimate of drug-likeness (QED) is 0.517. The maximum atomic E-state index is 4.83. The summed E-state index contributed by atoms with van der Waals surface area (Å²) < 4.78 is 1.95. The molecule has 2 aromatic rings. The van der Waals surface area contributed by atoms with Gasteiger partial charge in [-0.3, -0.25) is 4.68 Å². The Morgan fingerprint density at radius 3 is 2.64 bits per heavy atom. The minimum Gasteiger partial charge on any atom is -0.357 e. The summed E-state index contributed by atoms with van der Waals surface area (Å²) in [6.07, 6.45) is 6.51. The number of hydrogen-bond acceptors (Lipinski definition) is 3. The summed E-state index contributed by atoms with van der Waals surface area (Å²) in [5, 5.41) is 11.2. The number of aliphatic imine (C=N–C) groups is 1. The monoisotopic (exact) mass is 382 g/mol. The van der Waals surface area contributed by atoms with Crippen molar-refractivity contribution < 1.29 is 0 Å². The van der Waals surface area contributed by atoms with Crippen LogP contribution >= 0.6 is 0 Å². The summed E-state index contributed by atoms with van der Waals surface area (Å²) in [5.74, 6) is 1.50. The van der Waals surface area contributed by atoms with Crippen LogP contribution in [0.4, 0.5) is 0 Å². The Kier molecular flexibility index (Phi) is 7.91. The smallest absolute Gasteiger partial charge is 0.191 e. The molecule has 1 aliphatic heterocycles. The molecule has 2 N–H and O–H groups in total. The van der Waals surface area contributed by atoms with Crippen LogP contribution in [0, 0.1) is 5.92 Å². The zero-order valence-electron chi connectivity index (χ0n) is 17.3. The molecule has 152 valence electrons. The van der Waals surface area contributed by atoms with E-state index in [1.165, 1.54) is 43.6 Å². The highest BCUT2D eigenvalue weighted by Crippen LogP contribution is 2.12. The highest BCUT2D eigenvalue weighted by atomic mass is 15.3. The van der Waals surface area contributed by atoms with Crippen molar-refractivity contribution >= 4 is 5.96 Å². The first-order chi connectivity index (χ1) is 13.7. The third-order valence-corrected chi connectivity index (χ3v) is 5.15. The number of benzene rings is 1. The predicted octanol–water partition coefficient (Wildman–Crippen LogP) is 2.72. The molecule has 1 saturated heterocycles. The van der Waals surface area contributed by atoms with E-state index in [4.69, 9.17) is 4.99 Å². The van der Waals surface area contributed by atoms with Crippen molar-refractivity contribution in [1.29, 1.82) is 0 Å². The molecule has 1 atom stereocenters. The van der Waals surface area contributed by atoms with Crippen LogP contribution in [0.2, 0.25) is 0 Å². The van der Waals surface area contributed by atoms with E-state index in [2.05, 4.69) is 58.7 Å². The largest absolute Gasteiger partial charge is 0.357 e. The average molecular weight is 383 g/mol. The summed E-state index contributed by atoms with van der Waals surface area (Å²) in [6, 6.07) is 10.4. The molecule has 3 rings (SSSR count). The number of rotatable bonds is 9. The highest BCUT2D eigenvalue weighted by Gasteiger charge is 2.14. The zero-order chi connectivity index (χ0) is 19.6. The van der Waals surface area contributed by atoms with Crippen molar-refractivity contribution in [2.24, 2.45) is 10.9 Å². The second-order valence-corrected chi connectivity index (χ2v) is 7.66. The van der Waals surface area contributed by atoms with E-state index >= 15 is 0 Å². The first kappa shape index (κ1) is 20.4. The fraction of sp³-hybridized carbons (Fsp3) is 0.545. The van der Waals surface area contributed by atoms with Crippen LogP contribution in [-0.2, 0) is 13.1 Å². The topological polar surface area (TPSA) is 57.5 Å². The Balaban J connectivity index is 1.56. The Morgan fingerprint density at radius 2 is 1.93 bits per heavy atom. The molecule has 1 fully saturated rings. The first-order valence-corrected chi connectivity index (χ1v) is 10.5. The average Bonchev–Trinajstić information content (AvgIpc) is 3.39. The van der Waals surface area contributed by atoms with E-state index < -0.39 is 0 Å². The third-order valence-electron chi connectivity index (χ3n) is 5.15. The van der Waals surface area contributed by atoms with Crippen LogP contribution in [0.15, 0.2) is 47.7 Å². The molecule has 0 aliphatic carbocycles. The van der Waals surface area contributed by atoms with Crippen LogP contribution < -0.4 is 10.6 Å². The zero-order valence-corrected chi connectivity index (χ0v) is 17.3. The maximum Gasteiger partial charge on any atom is 0.191 e. The number of nitrogens with zero attached hydrogens (tertiary/aromatic N) is 4. The fourth-order valence-electron chi connectivity index (χ4n) is 3.68. The Hall–Kier alpha value is -2.34. The lowest BCUT2D eigenvalue weighted by Gasteiger charge is -2.21. The minimum atomic E-state index is 0.606. The van der Waals surface area contributed by atoms with E-state index in [0.717, 1.165) is 25.6 Å². The van der Waals surface area contributed by atoms with Gasteiger partial charge in [0, 0.05) is 32.0 Å². The number of guanidine groups is 1. The number of hydrogen-bond donors (Lipinski definition) is 2. The SMILES string of the molecule is CCNC(=NCc1ccccc1Cn1cccn1)NCC(C)CN1CCCC1. The summed E-state index contributed by atoms with van der Waals surface area (Å²) in [5.41, 5.74) is 2.49. The van der Waals surface area contributed by atoms with Gasteiger partial charge in [0.05, 0.1) is 13.1 Å². The van der Waals surface area contributed by atoms with Gasteiger partial charge in [-0.2, -0.15) is 5.10 Å². The Morgan fingerprint density at radius 1 is 1.14 bits per heavy atom. The standard InChI is InChI=1S/C22H34N6/c1-3-23-22(24-15-19(2)17-27-12-6-7-13-27)25-16-20-9-4-5-10-21(20)18-28-14-8-11-26-28/h4-5,8-11,14,19H,3,6-7,12-13,15-18H2,1-2H3,(H2,23,24,25). The van der Waals surface area contributed by atoms with Gasteiger partial charge in [-0.25, -0.2) is 4.99 Å². The molecular formula is C22H34N6. The molecular weight excluding hydrogens is 348 g/mol. The molecule has 28 heavy (non-hydrogen) atoms. The van der Waals surface area contributed by atoms with Gasteiger partial charge in [0.2, 0.25) is 0 Å². The molecule has 6 heteroatoms. The normalized spacial score (nSPS) is 16.3. The van der Waals surface area contributed by atoms with Crippen molar-refractivity contribution in [3.63, 3.8) is 0 Å². The van der Waals surface area contributed by atoms with Crippen molar-refractivity contribution in [3.05, 3.63) is 53.9 Å². The molecule has 1 aliphatic rings. The van der Waals surface area contributed by atoms with Gasteiger partial charge in [-0.15, -0.1) is 0 Å². The van der Waals surface area contributed by atoms with E-state index in [-0.39, 0.29) is 0 Å². The lowest BCUT2D eigenvalue weighted by atomic mass is 10.1. The van der Waals surface area contributed by atoms with E-state index in [1.807, 2.05) is 23.1 Å². The second kappa shape index (κ2) is 10.9. The summed E-state index contributed by atoms with van der Waals surface area (Å²) >= 11 is 0. The fourth-order valence-corrected chi connectivity index (χ4v) is 3.68. The molecule has 0 amide bonds. The Bertz CT molecular complexity index is 718. The van der Waals surface area contributed by atoms with Gasteiger partial charge in [0.15, 0.2) is 5.96 Å². The number of aromatic nitrogens is 2. The number of likely N-dealkylation sites (tertiary alicyclic amines) is 1. The first-order valence-electron chi connectivity index (χ1n) is 10.5. The molecule has 0 spiro atoms. The van der Waals surface area contributed by atoms with Crippen LogP contribution in [0.25, 0.3) is 0 Å². The van der Waals surface area contributed by atoms with E-state index in [0.29, 0.717) is 12.5 Å². The second-order valence-electron chi connectivity index (χ2n) is 7.66. The van der Waals surface area contributed by atoms with E-state index in [1.54, 1.807) is 0 Å². The summed E-state index contributed by atoms with van der Waals surface area (Å²) in [6.45, 7) is 11.3. The number of nitrogens with one attached hydrogen (secondary N) is 2. The van der Waals surface area contributed by atoms with Crippen LogP contribution in [0.1, 0.15) is 37.8 Å². The van der Waals surface area contributed by atoms with Gasteiger partial charge in [0.1, 0.15) is 0 Å². The molecule has 6 nitrogen and oxygen atoms in total. The van der Waals surface area contributed by atoms with Gasteiger partial charge >= 0.3 is 0 Å². The predicted molar refractivity (Wildman–Crippen MR) is 115 cm³/mol. The molecule has 0 radical (unpaired) electrons. The highest BCUT2D eigenvalue weighted by molar-refractivity contribution is 5.79. The molecule has 2 heterocycles. The molecule has 0 bridgehead atoms. The molecule has 1 aromatic carbocycles.